The van der Waals surface area contributed by atoms with E-state index in [4.69, 9.17) is 9.52 Å². The minimum Gasteiger partial charge on any atom is -0.467 e. The molecular weight excluding hydrogens is 302 g/mol. The first-order chi connectivity index (χ1) is 11.7. The molecule has 0 fully saturated rings. The highest BCUT2D eigenvalue weighted by Crippen LogP contribution is 2.21. The van der Waals surface area contributed by atoms with Crippen LogP contribution in [0.25, 0.3) is 0 Å². The third kappa shape index (κ3) is 3.99. The van der Waals surface area contributed by atoms with E-state index in [0.717, 1.165) is 37.5 Å². The molecule has 1 unspecified atom stereocenters. The van der Waals surface area contributed by atoms with Crippen molar-refractivity contribution in [2.75, 3.05) is 6.54 Å². The fourth-order valence-corrected chi connectivity index (χ4v) is 2.97. The Labute approximate surface area is 143 Å². The van der Waals surface area contributed by atoms with Crippen molar-refractivity contribution >= 4 is 5.96 Å². The number of furan rings is 1. The molecule has 0 spiro atoms. The molecule has 1 aliphatic carbocycles. The maximum absolute atomic E-state index is 5.35. The topological polar surface area (TPSA) is 67.4 Å². The maximum atomic E-state index is 5.35. The Morgan fingerprint density at radius 3 is 3.08 bits per heavy atom. The molecule has 0 saturated carbocycles. The van der Waals surface area contributed by atoms with Crippen molar-refractivity contribution in [1.82, 2.24) is 20.4 Å². The second-order valence-electron chi connectivity index (χ2n) is 6.53. The first kappa shape index (κ1) is 16.6. The van der Waals surface area contributed by atoms with E-state index in [0.29, 0.717) is 18.6 Å². The molecule has 2 heterocycles. The smallest absolute Gasteiger partial charge is 0.191 e. The van der Waals surface area contributed by atoms with E-state index < -0.39 is 0 Å². The zero-order valence-electron chi connectivity index (χ0n) is 14.7. The molecule has 0 aromatic carbocycles. The van der Waals surface area contributed by atoms with Gasteiger partial charge in [-0.2, -0.15) is 5.10 Å². The van der Waals surface area contributed by atoms with Crippen molar-refractivity contribution in [2.45, 2.75) is 58.7 Å². The molecule has 24 heavy (non-hydrogen) atoms. The van der Waals surface area contributed by atoms with E-state index in [1.54, 1.807) is 6.26 Å². The predicted octanol–water partition coefficient (Wildman–Crippen LogP) is 2.67. The lowest BCUT2D eigenvalue weighted by Crippen LogP contribution is -2.45. The molecule has 6 heteroatoms. The third-order valence-electron chi connectivity index (χ3n) is 4.28. The fourth-order valence-electron chi connectivity index (χ4n) is 2.97. The fraction of sp³-hybridized carbons (Fsp3) is 0.556. The zero-order chi connectivity index (χ0) is 16.9. The highest BCUT2D eigenvalue weighted by Gasteiger charge is 2.23. The van der Waals surface area contributed by atoms with Gasteiger partial charge in [-0.25, -0.2) is 4.99 Å². The minimum atomic E-state index is 0.363. The van der Waals surface area contributed by atoms with E-state index >= 15 is 0 Å². The average molecular weight is 329 g/mol. The van der Waals surface area contributed by atoms with Crippen LogP contribution in [0.15, 0.2) is 34.0 Å². The van der Waals surface area contributed by atoms with Crippen molar-refractivity contribution in [3.05, 3.63) is 41.6 Å². The monoisotopic (exact) mass is 329 g/mol. The summed E-state index contributed by atoms with van der Waals surface area (Å²) in [5.74, 6) is 1.71. The predicted molar refractivity (Wildman–Crippen MR) is 95.1 cm³/mol. The van der Waals surface area contributed by atoms with E-state index in [1.165, 1.54) is 11.3 Å². The van der Waals surface area contributed by atoms with Gasteiger partial charge >= 0.3 is 0 Å². The molecule has 2 N–H and O–H groups in total. The van der Waals surface area contributed by atoms with E-state index in [1.807, 2.05) is 12.1 Å². The van der Waals surface area contributed by atoms with Crippen LogP contribution in [0.5, 0.6) is 0 Å². The summed E-state index contributed by atoms with van der Waals surface area (Å²) in [5.41, 5.74) is 2.61. The first-order valence-electron chi connectivity index (χ1n) is 8.79. The molecule has 2 aromatic heterocycles. The summed E-state index contributed by atoms with van der Waals surface area (Å²) in [6.45, 7) is 7.79. The zero-order valence-corrected chi connectivity index (χ0v) is 14.7. The lowest BCUT2D eigenvalue weighted by atomic mass is 9.94. The number of aromatic nitrogens is 2. The number of hydrogen-bond donors (Lipinski definition) is 2. The average Bonchev–Trinajstić information content (AvgIpc) is 3.21. The molecule has 130 valence electrons. The number of guanidine groups is 1. The van der Waals surface area contributed by atoms with Crippen LogP contribution in [-0.2, 0) is 19.4 Å². The lowest BCUT2D eigenvalue weighted by Gasteiger charge is -2.24. The van der Waals surface area contributed by atoms with Crippen LogP contribution in [0, 0.1) is 0 Å². The van der Waals surface area contributed by atoms with E-state index in [-0.39, 0.29) is 0 Å². The highest BCUT2D eigenvalue weighted by molar-refractivity contribution is 5.80. The molecule has 0 aliphatic heterocycles. The van der Waals surface area contributed by atoms with Gasteiger partial charge in [0.15, 0.2) is 5.96 Å². The number of aryl methyl sites for hydroxylation is 1. The lowest BCUT2D eigenvalue weighted by molar-refractivity contribution is 0.495. The Morgan fingerprint density at radius 2 is 2.38 bits per heavy atom. The van der Waals surface area contributed by atoms with Gasteiger partial charge in [0.2, 0.25) is 0 Å². The molecule has 1 atom stereocenters. The first-order valence-corrected chi connectivity index (χ1v) is 8.79. The van der Waals surface area contributed by atoms with E-state index in [9.17, 15) is 0 Å². The van der Waals surface area contributed by atoms with Crippen LogP contribution in [0.3, 0.4) is 0 Å². The Morgan fingerprint density at radius 1 is 1.50 bits per heavy atom. The van der Waals surface area contributed by atoms with Gasteiger partial charge in [-0.05, 0) is 51.3 Å². The molecular formula is C18H27N5O. The second kappa shape index (κ2) is 7.55. The number of fused-ring (bicyclic) bond motifs is 1. The Balaban J connectivity index is 1.63. The molecule has 0 amide bonds. The SMILES string of the molecule is CCNC(=NCc1ccco1)NC1CCc2cn(C(C)C)nc2C1. The second-order valence-corrected chi connectivity index (χ2v) is 6.53. The van der Waals surface area contributed by atoms with Crippen LogP contribution >= 0.6 is 0 Å². The number of aliphatic imine (C=N–C) groups is 1. The van der Waals surface area contributed by atoms with Crippen LogP contribution in [0.2, 0.25) is 0 Å². The van der Waals surface area contributed by atoms with Crippen LogP contribution in [-0.4, -0.2) is 28.3 Å². The Kier molecular flexibility index (Phi) is 5.23. The van der Waals surface area contributed by atoms with Gasteiger partial charge in [-0.15, -0.1) is 0 Å². The number of nitrogens with zero attached hydrogens (tertiary/aromatic N) is 3. The normalized spacial score (nSPS) is 17.8. The summed E-state index contributed by atoms with van der Waals surface area (Å²) in [4.78, 5) is 4.61. The molecule has 0 radical (unpaired) electrons. The van der Waals surface area contributed by atoms with Gasteiger partial charge in [0, 0.05) is 31.2 Å². The Bertz CT molecular complexity index is 672. The largest absolute Gasteiger partial charge is 0.467 e. The van der Waals surface area contributed by atoms with Crippen molar-refractivity contribution in [3.63, 3.8) is 0 Å². The van der Waals surface area contributed by atoms with Crippen LogP contribution in [0.4, 0.5) is 0 Å². The number of hydrogen-bond acceptors (Lipinski definition) is 3. The molecule has 3 rings (SSSR count). The van der Waals surface area contributed by atoms with Crippen molar-refractivity contribution in [2.24, 2.45) is 4.99 Å². The summed E-state index contributed by atoms with van der Waals surface area (Å²) in [5, 5.41) is 11.6. The summed E-state index contributed by atoms with van der Waals surface area (Å²) in [6.07, 6.45) is 6.99. The molecule has 0 saturated heterocycles. The maximum Gasteiger partial charge on any atom is 0.191 e. The van der Waals surface area contributed by atoms with Gasteiger partial charge in [-0.3, -0.25) is 4.68 Å². The van der Waals surface area contributed by atoms with Crippen LogP contribution in [0.1, 0.15) is 50.3 Å². The third-order valence-corrected chi connectivity index (χ3v) is 4.28. The summed E-state index contributed by atoms with van der Waals surface area (Å²) in [6, 6.07) is 4.61. The summed E-state index contributed by atoms with van der Waals surface area (Å²) in [7, 11) is 0. The number of nitrogens with one attached hydrogen (secondary N) is 2. The number of rotatable bonds is 5. The summed E-state index contributed by atoms with van der Waals surface area (Å²) >= 11 is 0. The highest BCUT2D eigenvalue weighted by atomic mass is 16.3. The van der Waals surface area contributed by atoms with Gasteiger partial charge < -0.3 is 15.1 Å². The molecule has 0 bridgehead atoms. The Hall–Kier alpha value is -2.24. The van der Waals surface area contributed by atoms with Gasteiger partial charge in [0.1, 0.15) is 12.3 Å². The van der Waals surface area contributed by atoms with Crippen molar-refractivity contribution in [1.29, 1.82) is 0 Å². The standard InChI is InChI=1S/C18H27N5O/c1-4-19-18(20-11-16-6-5-9-24-16)21-15-8-7-14-12-23(13(2)3)22-17(14)10-15/h5-6,9,12-13,15H,4,7-8,10-11H2,1-3H3,(H2,19,20,21). The minimum absolute atomic E-state index is 0.363. The van der Waals surface area contributed by atoms with Crippen molar-refractivity contribution < 1.29 is 4.42 Å². The van der Waals surface area contributed by atoms with E-state index in [2.05, 4.69) is 47.3 Å². The molecule has 1 aliphatic rings. The quantitative estimate of drug-likeness (QED) is 0.654. The molecule has 6 nitrogen and oxygen atoms in total. The summed E-state index contributed by atoms with van der Waals surface area (Å²) < 4.78 is 7.42. The molecule has 2 aromatic rings. The van der Waals surface area contributed by atoms with Crippen molar-refractivity contribution in [3.8, 4) is 0 Å². The van der Waals surface area contributed by atoms with Gasteiger partial charge in [0.25, 0.3) is 0 Å². The van der Waals surface area contributed by atoms with Crippen LogP contribution < -0.4 is 10.6 Å². The van der Waals surface area contributed by atoms with Gasteiger partial charge in [-0.1, -0.05) is 0 Å². The van der Waals surface area contributed by atoms with Gasteiger partial charge in [0.05, 0.1) is 12.0 Å².